The molecule has 0 radical (unpaired) electrons. The van der Waals surface area contributed by atoms with Crippen molar-refractivity contribution in [2.24, 2.45) is 0 Å². The summed E-state index contributed by atoms with van der Waals surface area (Å²) in [6, 6.07) is 9.22. The molecule has 2 aromatic heterocycles. The molecule has 0 atom stereocenters. The first-order chi connectivity index (χ1) is 12.7. The number of rotatable bonds is 4. The van der Waals surface area contributed by atoms with E-state index in [0.717, 1.165) is 14.7 Å². The van der Waals surface area contributed by atoms with Gasteiger partial charge in [0.05, 0.1) is 11.1 Å². The van der Waals surface area contributed by atoms with Gasteiger partial charge in [-0.05, 0) is 63.1 Å². The summed E-state index contributed by atoms with van der Waals surface area (Å²) in [6.45, 7) is 5.54. The van der Waals surface area contributed by atoms with Crippen LogP contribution in [0.3, 0.4) is 0 Å². The lowest BCUT2D eigenvalue weighted by Crippen LogP contribution is -2.24. The third-order valence-corrected chi connectivity index (χ3v) is 5.21. The third-order valence-electron chi connectivity index (χ3n) is 3.67. The Morgan fingerprint density at radius 2 is 2.00 bits per heavy atom. The summed E-state index contributed by atoms with van der Waals surface area (Å²) in [5.41, 5.74) is 0.810. The van der Waals surface area contributed by atoms with Gasteiger partial charge in [0.25, 0.3) is 5.56 Å². The minimum Gasteiger partial charge on any atom is -0.460 e. The van der Waals surface area contributed by atoms with Gasteiger partial charge in [0, 0.05) is 21.8 Å². The number of benzene rings is 1. The number of halogens is 1. The largest absolute Gasteiger partial charge is 0.460 e. The van der Waals surface area contributed by atoms with E-state index >= 15 is 0 Å². The molecule has 0 aliphatic carbocycles. The highest BCUT2D eigenvalue weighted by Crippen LogP contribution is 2.27. The topological polar surface area (TPSA) is 69.2 Å². The first-order valence-corrected chi connectivity index (χ1v) is 10.1. The zero-order chi connectivity index (χ0) is 19.6. The number of carbonyl (C=O) groups is 1. The van der Waals surface area contributed by atoms with Crippen LogP contribution >= 0.6 is 27.3 Å². The van der Waals surface area contributed by atoms with Crippen molar-refractivity contribution in [2.45, 2.75) is 39.2 Å². The average Bonchev–Trinajstić information content (AvgIpc) is 2.58. The normalized spacial score (nSPS) is 11.6. The fourth-order valence-corrected chi connectivity index (χ4v) is 4.05. The molecule has 0 aliphatic heterocycles. The van der Waals surface area contributed by atoms with Crippen LogP contribution in [0.2, 0.25) is 0 Å². The molecule has 2 heterocycles. The Bertz CT molecular complexity index is 1060. The van der Waals surface area contributed by atoms with Gasteiger partial charge in [-0.25, -0.2) is 0 Å². The quantitative estimate of drug-likeness (QED) is 0.540. The lowest BCUT2D eigenvalue weighted by atomic mass is 10.1. The van der Waals surface area contributed by atoms with Crippen LogP contribution in [0.5, 0.6) is 0 Å². The van der Waals surface area contributed by atoms with E-state index in [-0.39, 0.29) is 17.9 Å². The summed E-state index contributed by atoms with van der Waals surface area (Å²) >= 11 is 4.84. The van der Waals surface area contributed by atoms with Crippen LogP contribution in [-0.4, -0.2) is 21.5 Å². The lowest BCUT2D eigenvalue weighted by Gasteiger charge is -2.19. The van der Waals surface area contributed by atoms with Crippen molar-refractivity contribution in [3.05, 3.63) is 56.9 Å². The van der Waals surface area contributed by atoms with Gasteiger partial charge in [0.15, 0.2) is 0 Å². The molecule has 0 amide bonds. The maximum atomic E-state index is 12.3. The zero-order valence-electron chi connectivity index (χ0n) is 15.3. The molecule has 0 saturated heterocycles. The van der Waals surface area contributed by atoms with Gasteiger partial charge in [0.2, 0.25) is 0 Å². The first-order valence-electron chi connectivity index (χ1n) is 8.49. The molecule has 0 aliphatic rings. The molecular weight excluding hydrogens is 428 g/mol. The number of aromatic nitrogens is 2. The summed E-state index contributed by atoms with van der Waals surface area (Å²) in [4.78, 5) is 32.8. The van der Waals surface area contributed by atoms with Crippen molar-refractivity contribution in [2.75, 3.05) is 0 Å². The van der Waals surface area contributed by atoms with Crippen molar-refractivity contribution in [1.82, 2.24) is 9.97 Å². The monoisotopic (exact) mass is 446 g/mol. The van der Waals surface area contributed by atoms with Crippen LogP contribution in [-0.2, 0) is 16.0 Å². The van der Waals surface area contributed by atoms with Crippen LogP contribution in [0.4, 0.5) is 0 Å². The van der Waals surface area contributed by atoms with Crippen molar-refractivity contribution in [1.29, 1.82) is 0 Å². The molecule has 0 unspecified atom stereocenters. The minimum atomic E-state index is -0.490. The van der Waals surface area contributed by atoms with E-state index in [1.54, 1.807) is 12.3 Å². The second-order valence-corrected chi connectivity index (χ2v) is 9.05. The molecule has 140 valence electrons. The Balaban J connectivity index is 1.84. The second-order valence-electron chi connectivity index (χ2n) is 7.10. The minimum absolute atomic E-state index is 0.237. The van der Waals surface area contributed by atoms with E-state index < -0.39 is 5.60 Å². The highest BCUT2D eigenvalue weighted by molar-refractivity contribution is 9.10. The summed E-state index contributed by atoms with van der Waals surface area (Å²) in [6.07, 6.45) is 2.50. The van der Waals surface area contributed by atoms with Crippen LogP contribution in [0, 0.1) is 0 Å². The fourth-order valence-electron chi connectivity index (χ4n) is 2.53. The van der Waals surface area contributed by atoms with E-state index in [1.807, 2.05) is 45.0 Å². The van der Waals surface area contributed by atoms with Gasteiger partial charge in [-0.15, -0.1) is 11.3 Å². The van der Waals surface area contributed by atoms with E-state index in [1.165, 1.54) is 11.3 Å². The van der Waals surface area contributed by atoms with Crippen molar-refractivity contribution >= 4 is 43.3 Å². The molecule has 0 bridgehead atoms. The average molecular weight is 447 g/mol. The predicted molar refractivity (Wildman–Crippen MR) is 111 cm³/mol. The predicted octanol–water partition coefficient (Wildman–Crippen LogP) is 4.76. The standard InChI is InChI=1S/C20H19BrN2O3S/c1-20(2,3)26-17(24)7-4-12-8-9-22-15(10-12)19-23-18(25)14-6-5-13(21)11-16(14)27-19/h5-6,8-11H,4,7H2,1-3H3. The highest BCUT2D eigenvalue weighted by Gasteiger charge is 2.16. The van der Waals surface area contributed by atoms with Crippen molar-refractivity contribution in [3.63, 3.8) is 0 Å². The molecule has 5 nitrogen and oxygen atoms in total. The summed E-state index contributed by atoms with van der Waals surface area (Å²) in [5, 5.41) is 1.15. The first kappa shape index (κ1) is 19.6. The summed E-state index contributed by atoms with van der Waals surface area (Å²) < 4.78 is 7.09. The van der Waals surface area contributed by atoms with Gasteiger partial charge in [-0.3, -0.25) is 14.6 Å². The van der Waals surface area contributed by atoms with E-state index in [9.17, 15) is 9.59 Å². The van der Waals surface area contributed by atoms with E-state index in [2.05, 4.69) is 25.9 Å². The van der Waals surface area contributed by atoms with Crippen LogP contribution < -0.4 is 5.56 Å². The van der Waals surface area contributed by atoms with Crippen LogP contribution in [0.25, 0.3) is 20.8 Å². The number of nitrogens with zero attached hydrogens (tertiary/aromatic N) is 2. The van der Waals surface area contributed by atoms with Gasteiger partial charge in [-0.1, -0.05) is 15.9 Å². The summed E-state index contributed by atoms with van der Waals surface area (Å²) in [7, 11) is 0. The molecule has 0 N–H and O–H groups in total. The number of esters is 1. The number of carbonyl (C=O) groups excluding carboxylic acids is 1. The molecule has 27 heavy (non-hydrogen) atoms. The molecule has 0 spiro atoms. The molecule has 3 rings (SSSR count). The van der Waals surface area contributed by atoms with E-state index in [0.29, 0.717) is 22.5 Å². The Kier molecular flexibility index (Phi) is 5.72. The van der Waals surface area contributed by atoms with Crippen LogP contribution in [0.15, 0.2) is 45.8 Å². The van der Waals surface area contributed by atoms with Crippen LogP contribution in [0.1, 0.15) is 32.8 Å². The Labute approximate surface area is 169 Å². The van der Waals surface area contributed by atoms with Gasteiger partial charge < -0.3 is 4.74 Å². The number of pyridine rings is 1. The smallest absolute Gasteiger partial charge is 0.306 e. The van der Waals surface area contributed by atoms with Gasteiger partial charge in [0.1, 0.15) is 10.6 Å². The fraction of sp³-hybridized carbons (Fsp3) is 0.300. The number of hydrogen-bond acceptors (Lipinski definition) is 6. The number of fused-ring (bicyclic) bond motifs is 1. The Morgan fingerprint density at radius 3 is 2.74 bits per heavy atom. The molecule has 7 heteroatoms. The highest BCUT2D eigenvalue weighted by atomic mass is 79.9. The van der Waals surface area contributed by atoms with Gasteiger partial charge in [-0.2, -0.15) is 4.98 Å². The molecule has 1 aromatic carbocycles. The van der Waals surface area contributed by atoms with Gasteiger partial charge >= 0.3 is 5.97 Å². The maximum Gasteiger partial charge on any atom is 0.306 e. The molecule has 3 aromatic rings. The lowest BCUT2D eigenvalue weighted by molar-refractivity contribution is -0.154. The molecule has 0 fully saturated rings. The SMILES string of the molecule is CC(C)(C)OC(=O)CCc1ccnc(-c2nc(=O)c3ccc(Br)cc3s2)c1. The second kappa shape index (κ2) is 7.86. The van der Waals surface area contributed by atoms with Crippen molar-refractivity contribution in [3.8, 4) is 10.7 Å². The zero-order valence-corrected chi connectivity index (χ0v) is 17.7. The number of ether oxygens (including phenoxy) is 1. The number of hydrogen-bond donors (Lipinski definition) is 0. The summed E-state index contributed by atoms with van der Waals surface area (Å²) in [5.74, 6) is -0.237. The maximum absolute atomic E-state index is 12.3. The Hall–Kier alpha value is -2.12. The van der Waals surface area contributed by atoms with E-state index in [4.69, 9.17) is 4.74 Å². The van der Waals surface area contributed by atoms with Crippen molar-refractivity contribution < 1.29 is 9.53 Å². The molecule has 0 saturated carbocycles. The number of aryl methyl sites for hydroxylation is 1. The molecular formula is C20H19BrN2O3S. The Morgan fingerprint density at radius 1 is 1.22 bits per heavy atom. The third kappa shape index (κ3) is 5.20.